The molecule has 0 aliphatic rings. The molecule has 2 N–H and O–H groups in total. The Bertz CT molecular complexity index is 172. The predicted molar refractivity (Wildman–Crippen MR) is 151 cm³/mol. The van der Waals surface area contributed by atoms with E-state index in [9.17, 15) is 10.2 Å². The van der Waals surface area contributed by atoms with Gasteiger partial charge in [-0.25, -0.2) is 0 Å². The molecule has 0 saturated carbocycles. The Morgan fingerprint density at radius 3 is 0.676 bits per heavy atom. The Kier molecular flexibility index (Phi) is 223. The Morgan fingerprint density at radius 2 is 0.676 bits per heavy atom. The van der Waals surface area contributed by atoms with E-state index in [1.54, 1.807) is 41.9 Å². The maximum Gasteiger partial charge on any atom is 3.00 e. The molecule has 0 aromatic rings. The Hall–Kier alpha value is 2.28. The maximum atomic E-state index is 10.0. The molecule has 202 valence electrons. The fraction of sp³-hybridized carbons (Fsp3) is 0.727. The van der Waals surface area contributed by atoms with Crippen molar-refractivity contribution < 1.29 is 39.4 Å². The largest absolute Gasteiger partial charge is 3.00 e. The maximum absolute atomic E-state index is 10.0. The van der Waals surface area contributed by atoms with E-state index >= 15 is 0 Å². The summed E-state index contributed by atoms with van der Waals surface area (Å²) in [6.07, 6.45) is -1.80. The first-order chi connectivity index (χ1) is 11.1. The van der Waals surface area contributed by atoms with Gasteiger partial charge in [0.25, 0.3) is 0 Å². The van der Waals surface area contributed by atoms with Gasteiger partial charge < -0.3 is 83.9 Å². The number of methoxy groups -OCH3 is 4. The molecular formula is C22H56Al2Mg2O8. The zero-order chi connectivity index (χ0) is 20.0. The van der Waals surface area contributed by atoms with Crippen LogP contribution in [0.3, 0.4) is 0 Å². The summed E-state index contributed by atoms with van der Waals surface area (Å²) in [5, 5.41) is 36.9. The van der Waals surface area contributed by atoms with Crippen LogP contribution >= 0.6 is 0 Å². The summed E-state index contributed by atoms with van der Waals surface area (Å²) >= 11 is 0. The van der Waals surface area contributed by atoms with Crippen molar-refractivity contribution in [1.82, 2.24) is 0 Å². The molecule has 0 fully saturated rings. The van der Waals surface area contributed by atoms with Crippen LogP contribution in [-0.4, -0.2) is 170 Å². The average molecular weight is 551 g/mol. The Labute approximate surface area is 269 Å². The van der Waals surface area contributed by atoms with Gasteiger partial charge in [-0.3, -0.25) is 0 Å². The van der Waals surface area contributed by atoms with Gasteiger partial charge in [0.2, 0.25) is 0 Å². The minimum absolute atomic E-state index is 0. The van der Waals surface area contributed by atoms with E-state index in [1.165, 1.54) is 14.2 Å². The van der Waals surface area contributed by atoms with Crippen LogP contribution in [0.4, 0.5) is 0 Å². The molecule has 0 rings (SSSR count). The van der Waals surface area contributed by atoms with E-state index in [0.29, 0.717) is 26.4 Å². The zero-order valence-corrected chi connectivity index (χ0v) is 30.2. The molecule has 0 bridgehead atoms. The molecule has 34 heavy (non-hydrogen) atoms. The van der Waals surface area contributed by atoms with E-state index in [-0.39, 0.29) is 138 Å². The molecule has 0 aliphatic heterocycles. The van der Waals surface area contributed by atoms with E-state index < -0.39 is 12.2 Å². The Morgan fingerprint density at radius 1 is 0.529 bits per heavy atom. The number of ether oxygens (including phenoxy) is 4. The fourth-order valence-electron chi connectivity index (χ4n) is 0.952. The number of hydrogen-bond acceptors (Lipinski definition) is 8. The van der Waals surface area contributed by atoms with Crippen LogP contribution in [0.1, 0.15) is 27.7 Å². The minimum atomic E-state index is -0.574. The Balaban J connectivity index is -0.0000000119. The van der Waals surface area contributed by atoms with Crippen molar-refractivity contribution in [2.75, 3.05) is 54.9 Å². The van der Waals surface area contributed by atoms with Crippen LogP contribution in [0.15, 0.2) is 0 Å². The first-order valence-electron chi connectivity index (χ1n) is 7.72. The SMILES string of the molecule is COCC(C)O.COCC(C)O.COCC(C)[O-].COCC(C)[O-].[Al+3].[Al+3].[CH3-].[CH3-].[CH3-].[CH3-].[CH3-].[CH3-].[Mg+2].[Mg]. The first kappa shape index (κ1) is 91.0. The molecule has 0 aromatic carbocycles. The molecule has 2 radical (unpaired) electrons. The molecule has 0 heterocycles. The molecule has 0 aromatic heterocycles. The van der Waals surface area contributed by atoms with Gasteiger partial charge in [-0.15, -0.1) is 12.2 Å². The third-order valence-electron chi connectivity index (χ3n) is 1.62. The number of aliphatic hydroxyl groups excluding tert-OH is 2. The van der Waals surface area contributed by atoms with Crippen molar-refractivity contribution in [3.63, 3.8) is 0 Å². The summed E-state index contributed by atoms with van der Waals surface area (Å²) in [5.74, 6) is 0. The smallest absolute Gasteiger partial charge is 0.851 e. The average Bonchev–Trinajstić information content (AvgIpc) is 2.39. The number of rotatable bonds is 8. The van der Waals surface area contributed by atoms with Crippen LogP contribution in [0.5, 0.6) is 0 Å². The molecule has 4 unspecified atom stereocenters. The van der Waals surface area contributed by atoms with E-state index in [1.807, 2.05) is 0 Å². The van der Waals surface area contributed by atoms with Crippen LogP contribution in [0.2, 0.25) is 0 Å². The van der Waals surface area contributed by atoms with Crippen LogP contribution in [0.25, 0.3) is 0 Å². The molecule has 0 saturated heterocycles. The van der Waals surface area contributed by atoms with E-state index in [4.69, 9.17) is 10.2 Å². The second-order valence-electron chi connectivity index (χ2n) is 5.14. The molecular weight excluding hydrogens is 495 g/mol. The normalized spacial score (nSPS) is 10.2. The third kappa shape index (κ3) is 186. The molecule has 0 aliphatic carbocycles. The summed E-state index contributed by atoms with van der Waals surface area (Å²) in [4.78, 5) is 0. The van der Waals surface area contributed by atoms with Gasteiger partial charge in [-0.2, -0.15) is 0 Å². The van der Waals surface area contributed by atoms with Gasteiger partial charge in [0, 0.05) is 64.7 Å². The number of aliphatic hydroxyl groups is 2. The van der Waals surface area contributed by atoms with Crippen LogP contribution in [-0.2, 0) is 18.9 Å². The van der Waals surface area contributed by atoms with Gasteiger partial charge >= 0.3 is 57.8 Å². The van der Waals surface area contributed by atoms with E-state index in [0.717, 1.165) is 0 Å². The summed E-state index contributed by atoms with van der Waals surface area (Å²) in [6, 6.07) is 0. The quantitative estimate of drug-likeness (QED) is 0.319. The molecule has 4 atom stereocenters. The van der Waals surface area contributed by atoms with Crippen molar-refractivity contribution in [3.8, 4) is 0 Å². The molecule has 0 amide bonds. The standard InChI is InChI=1S/2C4H10O2.2C4H9O2.6CH3.2Al.2Mg/c4*1-4(5)3-6-2;;;;;;;;;;/h2*4-5H,3H2,1-2H3;2*4H,3H2,1-2H3;6*1H3;;;;/q;;8*-1;2*+3;;+2. The van der Waals surface area contributed by atoms with E-state index in [2.05, 4.69) is 18.9 Å². The van der Waals surface area contributed by atoms with Crippen LogP contribution in [0, 0.1) is 44.6 Å². The van der Waals surface area contributed by atoms with Crippen molar-refractivity contribution >= 4 is 80.8 Å². The fourth-order valence-corrected chi connectivity index (χ4v) is 0.952. The summed E-state index contributed by atoms with van der Waals surface area (Å²) in [7, 11) is 6.17. The molecule has 8 nitrogen and oxygen atoms in total. The molecule has 0 spiro atoms. The summed E-state index contributed by atoms with van der Waals surface area (Å²) in [5.41, 5.74) is 0. The van der Waals surface area contributed by atoms with Crippen molar-refractivity contribution in [3.05, 3.63) is 44.6 Å². The third-order valence-corrected chi connectivity index (χ3v) is 1.62. The summed E-state index contributed by atoms with van der Waals surface area (Å²) in [6.45, 7) is 8.01. The predicted octanol–water partition coefficient (Wildman–Crippen LogP) is -0.0311. The topological polar surface area (TPSA) is 124 Å². The minimum Gasteiger partial charge on any atom is -0.851 e. The van der Waals surface area contributed by atoms with Crippen molar-refractivity contribution in [2.45, 2.75) is 52.1 Å². The number of hydrogen-bond donors (Lipinski definition) is 2. The molecule has 12 heteroatoms. The van der Waals surface area contributed by atoms with Gasteiger partial charge in [0.1, 0.15) is 0 Å². The van der Waals surface area contributed by atoms with Gasteiger partial charge in [-0.1, -0.05) is 13.8 Å². The van der Waals surface area contributed by atoms with Gasteiger partial charge in [-0.05, 0) is 13.8 Å². The van der Waals surface area contributed by atoms with Crippen molar-refractivity contribution in [2.24, 2.45) is 0 Å². The monoisotopic (exact) mass is 550 g/mol. The van der Waals surface area contributed by atoms with Crippen LogP contribution < -0.4 is 10.2 Å². The second-order valence-corrected chi connectivity index (χ2v) is 5.14. The van der Waals surface area contributed by atoms with Gasteiger partial charge in [0.05, 0.1) is 25.4 Å². The second kappa shape index (κ2) is 83.5. The van der Waals surface area contributed by atoms with Gasteiger partial charge in [0.15, 0.2) is 0 Å². The van der Waals surface area contributed by atoms with Crippen molar-refractivity contribution in [1.29, 1.82) is 0 Å². The first-order valence-corrected chi connectivity index (χ1v) is 7.72. The summed E-state index contributed by atoms with van der Waals surface area (Å²) < 4.78 is 18.1. The zero-order valence-electron chi connectivity index (χ0n) is 25.1.